The zero-order chi connectivity index (χ0) is 17.0. The van der Waals surface area contributed by atoms with E-state index in [9.17, 15) is 9.90 Å². The smallest absolute Gasteiger partial charge is 0.328 e. The summed E-state index contributed by atoms with van der Waals surface area (Å²) >= 11 is 0. The molecule has 0 saturated heterocycles. The van der Waals surface area contributed by atoms with Crippen molar-refractivity contribution < 1.29 is 14.6 Å². The van der Waals surface area contributed by atoms with Gasteiger partial charge in [0.1, 0.15) is 12.4 Å². The summed E-state index contributed by atoms with van der Waals surface area (Å²) in [5.41, 5.74) is 2.17. The van der Waals surface area contributed by atoms with Crippen LogP contribution in [0.1, 0.15) is 43.3 Å². The molecule has 0 fully saturated rings. The number of ether oxygens (including phenoxy) is 1. The monoisotopic (exact) mass is 318 g/mol. The van der Waals surface area contributed by atoms with Gasteiger partial charge in [0.2, 0.25) is 0 Å². The minimum atomic E-state index is -0.945. The molecule has 0 spiro atoms. The molecule has 0 aliphatic heterocycles. The molecule has 2 rings (SSSR count). The van der Waals surface area contributed by atoms with Gasteiger partial charge in [-0.2, -0.15) is 0 Å². The van der Waals surface area contributed by atoms with Crippen molar-refractivity contribution in [1.82, 2.24) is 20.2 Å². The lowest BCUT2D eigenvalue weighted by atomic mass is 10.0. The number of hydrogen-bond donors (Lipinski definition) is 1. The van der Waals surface area contributed by atoms with Gasteiger partial charge in [0.15, 0.2) is 11.9 Å². The molecule has 0 saturated carbocycles. The van der Waals surface area contributed by atoms with E-state index >= 15 is 0 Å². The quantitative estimate of drug-likeness (QED) is 0.843. The van der Waals surface area contributed by atoms with Crippen LogP contribution in [0.4, 0.5) is 0 Å². The van der Waals surface area contributed by atoms with Gasteiger partial charge in [-0.05, 0) is 53.8 Å². The second kappa shape index (κ2) is 7.21. The zero-order valence-electron chi connectivity index (χ0n) is 13.9. The molecule has 1 unspecified atom stereocenters. The van der Waals surface area contributed by atoms with E-state index in [-0.39, 0.29) is 12.5 Å². The van der Waals surface area contributed by atoms with E-state index in [0.29, 0.717) is 12.2 Å². The molecule has 1 heterocycles. The molecule has 0 aliphatic rings. The van der Waals surface area contributed by atoms with Crippen LogP contribution in [0.5, 0.6) is 5.75 Å². The fraction of sp³-hybridized carbons (Fsp3) is 0.500. The van der Waals surface area contributed by atoms with E-state index in [2.05, 4.69) is 15.5 Å². The fourth-order valence-corrected chi connectivity index (χ4v) is 2.32. The van der Waals surface area contributed by atoms with Crippen LogP contribution in [0.3, 0.4) is 0 Å². The van der Waals surface area contributed by atoms with Crippen LogP contribution in [0.25, 0.3) is 0 Å². The highest BCUT2D eigenvalue weighted by Gasteiger charge is 2.25. The molecule has 124 valence electrons. The molecule has 0 aliphatic carbocycles. The second-order valence-corrected chi connectivity index (χ2v) is 6.01. The van der Waals surface area contributed by atoms with Gasteiger partial charge in [-0.15, -0.1) is 5.10 Å². The lowest BCUT2D eigenvalue weighted by Crippen LogP contribution is -2.24. The Hall–Kier alpha value is -2.44. The summed E-state index contributed by atoms with van der Waals surface area (Å²) < 4.78 is 7.12. The number of carboxylic acids is 1. The largest absolute Gasteiger partial charge is 0.485 e. The summed E-state index contributed by atoms with van der Waals surface area (Å²) in [5.74, 6) is 0.418. The number of aliphatic carboxylic acids is 1. The standard InChI is InChI=1S/C16H22N4O3/c1-10(2)8-13(16(21)22)20-15(17-18-19-20)9-23-14-7-5-6-11(3)12(14)4/h5-7,10,13H,8-9H2,1-4H3,(H,21,22). The molecule has 7 nitrogen and oxygen atoms in total. The number of hydrogen-bond acceptors (Lipinski definition) is 5. The predicted molar refractivity (Wildman–Crippen MR) is 84.2 cm³/mol. The van der Waals surface area contributed by atoms with E-state index in [4.69, 9.17) is 4.74 Å². The number of nitrogens with zero attached hydrogens (tertiary/aromatic N) is 4. The Kier molecular flexibility index (Phi) is 5.31. The maximum absolute atomic E-state index is 11.5. The molecule has 1 atom stereocenters. The number of aryl methyl sites for hydroxylation is 1. The number of tetrazole rings is 1. The number of carbonyl (C=O) groups is 1. The Morgan fingerprint density at radius 1 is 1.35 bits per heavy atom. The number of benzene rings is 1. The summed E-state index contributed by atoms with van der Waals surface area (Å²) in [6.45, 7) is 8.04. The van der Waals surface area contributed by atoms with Crippen molar-refractivity contribution in [2.75, 3.05) is 0 Å². The highest BCUT2D eigenvalue weighted by atomic mass is 16.5. The molecular formula is C16H22N4O3. The lowest BCUT2D eigenvalue weighted by Gasteiger charge is -2.16. The van der Waals surface area contributed by atoms with Gasteiger partial charge in [-0.3, -0.25) is 0 Å². The van der Waals surface area contributed by atoms with Gasteiger partial charge in [-0.1, -0.05) is 26.0 Å². The van der Waals surface area contributed by atoms with Crippen molar-refractivity contribution in [2.45, 2.75) is 46.8 Å². The maximum Gasteiger partial charge on any atom is 0.328 e. The van der Waals surface area contributed by atoms with Crippen LogP contribution in [-0.4, -0.2) is 31.3 Å². The first-order valence-electron chi connectivity index (χ1n) is 7.58. The molecule has 0 radical (unpaired) electrons. The highest BCUT2D eigenvalue weighted by molar-refractivity contribution is 5.71. The number of rotatable bonds is 7. The Labute approximate surface area is 135 Å². The zero-order valence-corrected chi connectivity index (χ0v) is 13.9. The summed E-state index contributed by atoms with van der Waals surface area (Å²) in [7, 11) is 0. The van der Waals surface area contributed by atoms with Gasteiger partial charge in [0.25, 0.3) is 0 Å². The minimum absolute atomic E-state index is 0.124. The summed E-state index contributed by atoms with van der Waals surface area (Å²) in [4.78, 5) is 11.5. The Bertz CT molecular complexity index is 682. The molecular weight excluding hydrogens is 296 g/mol. The van der Waals surface area contributed by atoms with Crippen LogP contribution in [-0.2, 0) is 11.4 Å². The van der Waals surface area contributed by atoms with E-state index < -0.39 is 12.0 Å². The lowest BCUT2D eigenvalue weighted by molar-refractivity contribution is -0.141. The van der Waals surface area contributed by atoms with Gasteiger partial charge in [0.05, 0.1) is 0 Å². The average molecular weight is 318 g/mol. The van der Waals surface area contributed by atoms with Crippen LogP contribution in [0.2, 0.25) is 0 Å². The summed E-state index contributed by atoms with van der Waals surface area (Å²) in [5, 5.41) is 20.8. The maximum atomic E-state index is 11.5. The summed E-state index contributed by atoms with van der Waals surface area (Å²) in [6.07, 6.45) is 0.455. The highest BCUT2D eigenvalue weighted by Crippen LogP contribution is 2.22. The SMILES string of the molecule is Cc1cccc(OCc2nnnn2C(CC(C)C)C(=O)O)c1C. The van der Waals surface area contributed by atoms with Gasteiger partial charge in [0, 0.05) is 0 Å². The van der Waals surface area contributed by atoms with Crippen LogP contribution < -0.4 is 4.74 Å². The van der Waals surface area contributed by atoms with Crippen LogP contribution >= 0.6 is 0 Å². The van der Waals surface area contributed by atoms with Gasteiger partial charge in [-0.25, -0.2) is 9.48 Å². The Balaban J connectivity index is 2.17. The van der Waals surface area contributed by atoms with Gasteiger partial charge < -0.3 is 9.84 Å². The molecule has 23 heavy (non-hydrogen) atoms. The molecule has 0 amide bonds. The predicted octanol–water partition coefficient (Wildman–Crippen LogP) is 2.54. The van der Waals surface area contributed by atoms with E-state index in [1.165, 1.54) is 4.68 Å². The third kappa shape index (κ3) is 4.06. The molecule has 2 aromatic rings. The molecule has 1 N–H and O–H groups in total. The topological polar surface area (TPSA) is 90.1 Å². The third-order valence-electron chi connectivity index (χ3n) is 3.75. The Morgan fingerprint density at radius 2 is 2.09 bits per heavy atom. The minimum Gasteiger partial charge on any atom is -0.485 e. The molecule has 1 aromatic carbocycles. The molecule has 7 heteroatoms. The van der Waals surface area contributed by atoms with Crippen molar-refractivity contribution >= 4 is 5.97 Å². The molecule has 0 bridgehead atoms. The van der Waals surface area contributed by atoms with Crippen molar-refractivity contribution in [3.63, 3.8) is 0 Å². The fourth-order valence-electron chi connectivity index (χ4n) is 2.32. The van der Waals surface area contributed by atoms with Crippen LogP contribution in [0.15, 0.2) is 18.2 Å². The van der Waals surface area contributed by atoms with E-state index in [1.54, 1.807) is 0 Å². The normalized spacial score (nSPS) is 12.4. The summed E-state index contributed by atoms with van der Waals surface area (Å²) in [6, 6.07) is 5.01. The Morgan fingerprint density at radius 3 is 2.74 bits per heavy atom. The number of aromatic nitrogens is 4. The second-order valence-electron chi connectivity index (χ2n) is 6.01. The van der Waals surface area contributed by atoms with Crippen molar-refractivity contribution in [3.8, 4) is 5.75 Å². The third-order valence-corrected chi connectivity index (χ3v) is 3.75. The first-order chi connectivity index (χ1) is 10.9. The van der Waals surface area contributed by atoms with Crippen molar-refractivity contribution in [2.24, 2.45) is 5.92 Å². The first-order valence-corrected chi connectivity index (χ1v) is 7.58. The number of carboxylic acid groups (broad SMARTS) is 1. The first kappa shape index (κ1) is 16.9. The molecule has 1 aromatic heterocycles. The van der Waals surface area contributed by atoms with E-state index in [1.807, 2.05) is 45.9 Å². The van der Waals surface area contributed by atoms with Crippen molar-refractivity contribution in [3.05, 3.63) is 35.2 Å². The average Bonchev–Trinajstić information content (AvgIpc) is 2.94. The van der Waals surface area contributed by atoms with Gasteiger partial charge >= 0.3 is 5.97 Å². The van der Waals surface area contributed by atoms with E-state index in [0.717, 1.165) is 16.9 Å². The van der Waals surface area contributed by atoms with Crippen LogP contribution in [0, 0.1) is 19.8 Å². The van der Waals surface area contributed by atoms with Crippen molar-refractivity contribution in [1.29, 1.82) is 0 Å².